The van der Waals surface area contributed by atoms with Gasteiger partial charge in [0.25, 0.3) is 0 Å². The van der Waals surface area contributed by atoms with Gasteiger partial charge in [-0.05, 0) is 32.9 Å². The number of hydrogen-bond acceptors (Lipinski definition) is 3. The molecule has 0 saturated carbocycles. The van der Waals surface area contributed by atoms with Crippen molar-refractivity contribution in [2.75, 3.05) is 0 Å². The third kappa shape index (κ3) is 2.81. The van der Waals surface area contributed by atoms with Crippen molar-refractivity contribution in [1.82, 2.24) is 14.8 Å². The van der Waals surface area contributed by atoms with Gasteiger partial charge in [-0.2, -0.15) is 18.3 Å². The van der Waals surface area contributed by atoms with Crippen molar-refractivity contribution < 1.29 is 18.0 Å². The second-order valence-corrected chi connectivity index (χ2v) is 5.55. The number of hydrogen-bond donors (Lipinski definition) is 0. The molecular formula is C14H14F3N3O. The second kappa shape index (κ2) is 4.98. The summed E-state index contributed by atoms with van der Waals surface area (Å²) in [5, 5.41) is 3.64. The molecule has 2 aromatic heterocycles. The Balaban J connectivity index is 2.84. The molecule has 0 fully saturated rings. The topological polar surface area (TPSA) is 47.8 Å². The summed E-state index contributed by atoms with van der Waals surface area (Å²) in [7, 11) is 0. The van der Waals surface area contributed by atoms with Crippen molar-refractivity contribution >= 4 is 6.29 Å². The van der Waals surface area contributed by atoms with Crippen LogP contribution >= 0.6 is 0 Å². The maximum Gasteiger partial charge on any atom is 0.435 e. The zero-order valence-electron chi connectivity index (χ0n) is 11.8. The van der Waals surface area contributed by atoms with Crippen LogP contribution in [0.15, 0.2) is 24.5 Å². The number of pyridine rings is 1. The lowest BCUT2D eigenvalue weighted by molar-refractivity contribution is -0.141. The Labute approximate surface area is 119 Å². The highest BCUT2D eigenvalue weighted by atomic mass is 19.4. The van der Waals surface area contributed by atoms with E-state index in [1.54, 1.807) is 32.9 Å². The fraction of sp³-hybridized carbons (Fsp3) is 0.357. The Bertz CT molecular complexity index is 655. The Morgan fingerprint density at radius 2 is 1.71 bits per heavy atom. The van der Waals surface area contributed by atoms with Gasteiger partial charge >= 0.3 is 6.18 Å². The fourth-order valence-corrected chi connectivity index (χ4v) is 2.02. The largest absolute Gasteiger partial charge is 0.435 e. The molecule has 0 spiro atoms. The first kappa shape index (κ1) is 15.2. The van der Waals surface area contributed by atoms with Gasteiger partial charge in [0.15, 0.2) is 12.0 Å². The predicted octanol–water partition coefficient (Wildman–Crippen LogP) is 3.53. The molecule has 0 aliphatic heterocycles. The van der Waals surface area contributed by atoms with E-state index in [1.165, 1.54) is 17.1 Å². The maximum atomic E-state index is 13.1. The number of rotatable bonds is 2. The molecule has 112 valence electrons. The minimum absolute atomic E-state index is 0.146. The number of alkyl halides is 3. The van der Waals surface area contributed by atoms with Gasteiger partial charge in [0, 0.05) is 18.0 Å². The summed E-state index contributed by atoms with van der Waals surface area (Å²) in [6.45, 7) is 5.16. The van der Waals surface area contributed by atoms with Gasteiger partial charge in [0.1, 0.15) is 0 Å². The third-order valence-corrected chi connectivity index (χ3v) is 2.90. The van der Waals surface area contributed by atoms with Gasteiger partial charge < -0.3 is 0 Å². The normalized spacial score (nSPS) is 12.5. The molecule has 21 heavy (non-hydrogen) atoms. The third-order valence-electron chi connectivity index (χ3n) is 2.90. The quantitative estimate of drug-likeness (QED) is 0.797. The molecule has 0 aliphatic rings. The average molecular weight is 297 g/mol. The highest BCUT2D eigenvalue weighted by molar-refractivity contribution is 5.87. The standard InChI is InChI=1S/C14H14F3N3O/c1-13(2,3)20-11(9-4-6-18-7-5-9)10(8-21)12(19-20)14(15,16)17/h4-8H,1-3H3. The van der Waals surface area contributed by atoms with Crippen LogP contribution in [-0.2, 0) is 11.7 Å². The number of nitrogens with zero attached hydrogens (tertiary/aromatic N) is 3. The lowest BCUT2D eigenvalue weighted by Crippen LogP contribution is -2.24. The highest BCUT2D eigenvalue weighted by Gasteiger charge is 2.40. The van der Waals surface area contributed by atoms with E-state index < -0.39 is 23.0 Å². The molecule has 2 aromatic rings. The molecule has 0 saturated heterocycles. The van der Waals surface area contributed by atoms with Gasteiger partial charge in [-0.25, -0.2) is 0 Å². The zero-order chi connectivity index (χ0) is 15.8. The minimum atomic E-state index is -4.69. The summed E-state index contributed by atoms with van der Waals surface area (Å²) in [6, 6.07) is 3.10. The molecule has 0 atom stereocenters. The molecule has 0 amide bonds. The Hall–Kier alpha value is -2.18. The summed E-state index contributed by atoms with van der Waals surface area (Å²) in [5.41, 5.74) is -1.72. The van der Waals surface area contributed by atoms with Gasteiger partial charge in [0.05, 0.1) is 16.8 Å². The van der Waals surface area contributed by atoms with Gasteiger partial charge in [-0.1, -0.05) is 0 Å². The number of aromatic nitrogens is 3. The number of aldehydes is 1. The number of halogens is 3. The van der Waals surface area contributed by atoms with Crippen molar-refractivity contribution in [2.24, 2.45) is 0 Å². The van der Waals surface area contributed by atoms with Gasteiger partial charge in [-0.15, -0.1) is 0 Å². The van der Waals surface area contributed by atoms with Crippen LogP contribution in [0.2, 0.25) is 0 Å². The first-order valence-corrected chi connectivity index (χ1v) is 6.22. The smallest absolute Gasteiger partial charge is 0.298 e. The Morgan fingerprint density at radius 3 is 2.14 bits per heavy atom. The molecular weight excluding hydrogens is 283 g/mol. The molecule has 0 unspecified atom stereocenters. The van der Waals surface area contributed by atoms with Crippen LogP contribution in [0, 0.1) is 0 Å². The van der Waals surface area contributed by atoms with Crippen molar-refractivity contribution in [3.05, 3.63) is 35.8 Å². The first-order valence-electron chi connectivity index (χ1n) is 6.22. The van der Waals surface area contributed by atoms with E-state index in [4.69, 9.17) is 0 Å². The van der Waals surface area contributed by atoms with E-state index in [0.717, 1.165) is 0 Å². The Kier molecular flexibility index (Phi) is 3.61. The van der Waals surface area contributed by atoms with E-state index in [1.807, 2.05) is 0 Å². The SMILES string of the molecule is CC(C)(C)n1nc(C(F)(F)F)c(C=O)c1-c1ccncc1. The van der Waals surface area contributed by atoms with Crippen molar-refractivity contribution in [2.45, 2.75) is 32.5 Å². The van der Waals surface area contributed by atoms with E-state index >= 15 is 0 Å². The first-order chi connectivity index (χ1) is 9.66. The van der Waals surface area contributed by atoms with Crippen LogP contribution in [0.3, 0.4) is 0 Å². The molecule has 0 aromatic carbocycles. The van der Waals surface area contributed by atoms with Crippen molar-refractivity contribution in [3.63, 3.8) is 0 Å². The molecule has 0 bridgehead atoms. The van der Waals surface area contributed by atoms with Crippen LogP contribution < -0.4 is 0 Å². The van der Waals surface area contributed by atoms with E-state index in [-0.39, 0.29) is 12.0 Å². The molecule has 0 aliphatic carbocycles. The van der Waals surface area contributed by atoms with Crippen molar-refractivity contribution in [1.29, 1.82) is 0 Å². The van der Waals surface area contributed by atoms with E-state index in [0.29, 0.717) is 5.56 Å². The van der Waals surface area contributed by atoms with Gasteiger partial charge in [-0.3, -0.25) is 14.5 Å². The van der Waals surface area contributed by atoms with Crippen LogP contribution in [0.4, 0.5) is 13.2 Å². The monoisotopic (exact) mass is 297 g/mol. The van der Waals surface area contributed by atoms with E-state index in [2.05, 4.69) is 10.1 Å². The summed E-state index contributed by atoms with van der Waals surface area (Å²) >= 11 is 0. The predicted molar refractivity (Wildman–Crippen MR) is 70.8 cm³/mol. The molecule has 7 heteroatoms. The lowest BCUT2D eigenvalue weighted by Gasteiger charge is -2.22. The summed E-state index contributed by atoms with van der Waals surface area (Å²) in [6.07, 6.45) is -1.57. The summed E-state index contributed by atoms with van der Waals surface area (Å²) < 4.78 is 40.5. The molecule has 0 radical (unpaired) electrons. The molecule has 4 nitrogen and oxygen atoms in total. The molecule has 0 N–H and O–H groups in total. The van der Waals surface area contributed by atoms with Crippen LogP contribution in [0.5, 0.6) is 0 Å². The van der Waals surface area contributed by atoms with Crippen LogP contribution in [0.1, 0.15) is 36.8 Å². The zero-order valence-corrected chi connectivity index (χ0v) is 11.8. The fourth-order valence-electron chi connectivity index (χ4n) is 2.02. The second-order valence-electron chi connectivity index (χ2n) is 5.55. The van der Waals surface area contributed by atoms with Crippen molar-refractivity contribution in [3.8, 4) is 11.3 Å². The van der Waals surface area contributed by atoms with Crippen LogP contribution in [0.25, 0.3) is 11.3 Å². The van der Waals surface area contributed by atoms with Crippen LogP contribution in [-0.4, -0.2) is 21.1 Å². The molecule has 2 rings (SSSR count). The van der Waals surface area contributed by atoms with E-state index in [9.17, 15) is 18.0 Å². The molecule has 2 heterocycles. The minimum Gasteiger partial charge on any atom is -0.298 e. The lowest BCUT2D eigenvalue weighted by atomic mass is 10.0. The number of carbonyl (C=O) groups is 1. The average Bonchev–Trinajstić information content (AvgIpc) is 2.78. The van der Waals surface area contributed by atoms with Gasteiger partial charge in [0.2, 0.25) is 0 Å². The Morgan fingerprint density at radius 1 is 1.14 bits per heavy atom. The maximum absolute atomic E-state index is 13.1. The summed E-state index contributed by atoms with van der Waals surface area (Å²) in [5.74, 6) is 0. The number of carbonyl (C=O) groups excluding carboxylic acids is 1. The summed E-state index contributed by atoms with van der Waals surface area (Å²) in [4.78, 5) is 15.1. The highest BCUT2D eigenvalue weighted by Crippen LogP contribution is 2.37.